The summed E-state index contributed by atoms with van der Waals surface area (Å²) in [5.41, 5.74) is -0.796. The van der Waals surface area contributed by atoms with Crippen molar-refractivity contribution in [3.05, 3.63) is 23.9 Å². The van der Waals surface area contributed by atoms with Crippen LogP contribution < -0.4 is 4.90 Å². The second-order valence-corrected chi connectivity index (χ2v) is 3.49. The largest absolute Gasteiger partial charge is 0.468 e. The number of halogens is 3. The lowest BCUT2D eigenvalue weighted by Crippen LogP contribution is -2.31. The van der Waals surface area contributed by atoms with Gasteiger partial charge in [0.2, 0.25) is 0 Å². The highest BCUT2D eigenvalue weighted by Gasteiger charge is 2.31. The van der Waals surface area contributed by atoms with E-state index in [1.807, 2.05) is 0 Å². The van der Waals surface area contributed by atoms with E-state index in [1.54, 1.807) is 6.92 Å². The molecule has 0 fully saturated rings. The van der Waals surface area contributed by atoms with Crippen molar-refractivity contribution in [1.29, 1.82) is 0 Å². The molecule has 1 aromatic heterocycles. The molecule has 100 valence electrons. The molecule has 0 atom stereocenters. The van der Waals surface area contributed by atoms with E-state index in [9.17, 15) is 18.0 Å². The molecule has 0 radical (unpaired) electrons. The van der Waals surface area contributed by atoms with Crippen LogP contribution in [-0.4, -0.2) is 31.2 Å². The number of hydrogen-bond donors (Lipinski definition) is 0. The first-order chi connectivity index (χ1) is 8.38. The Hall–Kier alpha value is -1.79. The van der Waals surface area contributed by atoms with Gasteiger partial charge in [0.15, 0.2) is 0 Å². The summed E-state index contributed by atoms with van der Waals surface area (Å²) in [5.74, 6) is -0.436. The highest BCUT2D eigenvalue weighted by Crippen LogP contribution is 2.30. The minimum Gasteiger partial charge on any atom is -0.468 e. The first-order valence-corrected chi connectivity index (χ1v) is 5.23. The van der Waals surface area contributed by atoms with E-state index in [-0.39, 0.29) is 12.4 Å². The third-order valence-electron chi connectivity index (χ3n) is 2.33. The van der Waals surface area contributed by atoms with Crippen LogP contribution in [0.5, 0.6) is 0 Å². The van der Waals surface area contributed by atoms with Crippen molar-refractivity contribution in [3.8, 4) is 0 Å². The summed E-state index contributed by atoms with van der Waals surface area (Å²) in [6, 6.07) is 1.79. The minimum atomic E-state index is -4.43. The maximum absolute atomic E-state index is 12.5. The van der Waals surface area contributed by atoms with Crippen LogP contribution in [0.3, 0.4) is 0 Å². The Labute approximate surface area is 102 Å². The molecule has 0 spiro atoms. The van der Waals surface area contributed by atoms with Gasteiger partial charge in [-0.2, -0.15) is 13.2 Å². The summed E-state index contributed by atoms with van der Waals surface area (Å²) in [7, 11) is 1.22. The molecule has 0 aromatic carbocycles. The molecule has 1 aromatic rings. The number of ether oxygens (including phenoxy) is 1. The van der Waals surface area contributed by atoms with Gasteiger partial charge < -0.3 is 9.64 Å². The van der Waals surface area contributed by atoms with Crippen molar-refractivity contribution in [1.82, 2.24) is 4.98 Å². The van der Waals surface area contributed by atoms with Gasteiger partial charge in [-0.15, -0.1) is 0 Å². The number of methoxy groups -OCH3 is 1. The zero-order valence-corrected chi connectivity index (χ0v) is 9.99. The van der Waals surface area contributed by atoms with E-state index in [0.29, 0.717) is 6.54 Å². The van der Waals surface area contributed by atoms with Crippen LogP contribution in [-0.2, 0) is 15.7 Å². The lowest BCUT2D eigenvalue weighted by Gasteiger charge is -2.21. The third-order valence-corrected chi connectivity index (χ3v) is 2.33. The van der Waals surface area contributed by atoms with E-state index >= 15 is 0 Å². The Morgan fingerprint density at radius 2 is 2.17 bits per heavy atom. The molecular formula is C11H13F3N2O2. The second-order valence-electron chi connectivity index (χ2n) is 3.49. The number of pyridine rings is 1. The number of nitrogens with zero attached hydrogens (tertiary/aromatic N) is 2. The van der Waals surface area contributed by atoms with Gasteiger partial charge in [0.05, 0.1) is 12.7 Å². The van der Waals surface area contributed by atoms with Gasteiger partial charge in [-0.05, 0) is 19.1 Å². The second kappa shape index (κ2) is 5.70. The Kier molecular flexibility index (Phi) is 4.52. The predicted octanol–water partition coefficient (Wildman–Crippen LogP) is 2.10. The Morgan fingerprint density at radius 3 is 2.67 bits per heavy atom. The molecule has 0 unspecified atom stereocenters. The van der Waals surface area contributed by atoms with Crippen LogP contribution in [0, 0.1) is 0 Å². The highest BCUT2D eigenvalue weighted by molar-refractivity contribution is 5.75. The lowest BCUT2D eigenvalue weighted by atomic mass is 10.2. The average Bonchev–Trinajstić information content (AvgIpc) is 2.34. The molecule has 0 aliphatic carbocycles. The molecule has 0 saturated carbocycles. The van der Waals surface area contributed by atoms with Crippen molar-refractivity contribution in [2.45, 2.75) is 13.1 Å². The molecule has 7 heteroatoms. The number of aromatic nitrogens is 1. The van der Waals surface area contributed by atoms with Crippen LogP contribution in [0.15, 0.2) is 18.3 Å². The summed E-state index contributed by atoms with van der Waals surface area (Å²) in [4.78, 5) is 16.4. The normalized spacial score (nSPS) is 11.2. The minimum absolute atomic E-state index is 0.0951. The number of alkyl halides is 3. The molecule has 18 heavy (non-hydrogen) atoms. The molecule has 0 bridgehead atoms. The zero-order valence-electron chi connectivity index (χ0n) is 9.99. The van der Waals surface area contributed by atoms with Crippen molar-refractivity contribution in [2.24, 2.45) is 0 Å². The summed E-state index contributed by atoms with van der Waals surface area (Å²) < 4.78 is 42.0. The van der Waals surface area contributed by atoms with E-state index in [1.165, 1.54) is 12.0 Å². The van der Waals surface area contributed by atoms with Gasteiger partial charge in [0.25, 0.3) is 0 Å². The SMILES string of the molecule is CCN(CC(=O)OC)c1cc(C(F)(F)F)ccn1. The fraction of sp³-hybridized carbons (Fsp3) is 0.455. The van der Waals surface area contributed by atoms with Gasteiger partial charge in [-0.25, -0.2) is 4.98 Å². The number of rotatable bonds is 4. The van der Waals surface area contributed by atoms with Gasteiger partial charge in [-0.3, -0.25) is 4.79 Å². The fourth-order valence-corrected chi connectivity index (χ4v) is 1.34. The molecule has 0 aliphatic heterocycles. The molecule has 0 amide bonds. The number of hydrogen-bond acceptors (Lipinski definition) is 4. The predicted molar refractivity (Wildman–Crippen MR) is 59.1 cm³/mol. The molecule has 1 heterocycles. The van der Waals surface area contributed by atoms with Crippen LogP contribution >= 0.6 is 0 Å². The topological polar surface area (TPSA) is 42.4 Å². The van der Waals surface area contributed by atoms with Crippen molar-refractivity contribution in [3.63, 3.8) is 0 Å². The highest BCUT2D eigenvalue weighted by atomic mass is 19.4. The first kappa shape index (κ1) is 14.3. The molecule has 0 N–H and O–H groups in total. The van der Waals surface area contributed by atoms with Crippen molar-refractivity contribution < 1.29 is 22.7 Å². The summed E-state index contributed by atoms with van der Waals surface area (Å²) in [5, 5.41) is 0. The Bertz CT molecular complexity index is 421. The quantitative estimate of drug-likeness (QED) is 0.779. The van der Waals surface area contributed by atoms with Crippen LogP contribution in [0.1, 0.15) is 12.5 Å². The van der Waals surface area contributed by atoms with Crippen molar-refractivity contribution >= 4 is 11.8 Å². The van der Waals surface area contributed by atoms with E-state index < -0.39 is 17.7 Å². The van der Waals surface area contributed by atoms with Crippen LogP contribution in [0.25, 0.3) is 0 Å². The monoisotopic (exact) mass is 262 g/mol. The molecule has 0 aliphatic rings. The number of likely N-dealkylation sites (N-methyl/N-ethyl adjacent to an activating group) is 1. The number of esters is 1. The van der Waals surface area contributed by atoms with Crippen molar-refractivity contribution in [2.75, 3.05) is 25.1 Å². The number of anilines is 1. The Balaban J connectivity index is 2.96. The molecule has 4 nitrogen and oxygen atoms in total. The van der Waals surface area contributed by atoms with Gasteiger partial charge >= 0.3 is 12.1 Å². The van der Waals surface area contributed by atoms with Crippen LogP contribution in [0.4, 0.5) is 19.0 Å². The number of carbonyl (C=O) groups is 1. The maximum atomic E-state index is 12.5. The smallest absolute Gasteiger partial charge is 0.416 e. The van der Waals surface area contributed by atoms with Gasteiger partial charge in [-0.1, -0.05) is 0 Å². The first-order valence-electron chi connectivity index (χ1n) is 5.23. The summed E-state index contributed by atoms with van der Waals surface area (Å²) in [6.07, 6.45) is -3.36. The zero-order chi connectivity index (χ0) is 13.8. The number of carbonyl (C=O) groups excluding carboxylic acids is 1. The van der Waals surface area contributed by atoms with E-state index in [0.717, 1.165) is 18.3 Å². The molecular weight excluding hydrogens is 249 g/mol. The van der Waals surface area contributed by atoms with Gasteiger partial charge in [0, 0.05) is 12.7 Å². The Morgan fingerprint density at radius 1 is 1.50 bits per heavy atom. The standard InChI is InChI=1S/C11H13F3N2O2/c1-3-16(7-10(17)18-2)9-6-8(4-5-15-9)11(12,13)14/h4-6H,3,7H2,1-2H3. The lowest BCUT2D eigenvalue weighted by molar-refractivity contribution is -0.139. The van der Waals surface area contributed by atoms with E-state index in [4.69, 9.17) is 0 Å². The van der Waals surface area contributed by atoms with E-state index in [2.05, 4.69) is 9.72 Å². The molecule has 0 saturated heterocycles. The fourth-order valence-electron chi connectivity index (χ4n) is 1.34. The summed E-state index contributed by atoms with van der Waals surface area (Å²) >= 11 is 0. The van der Waals surface area contributed by atoms with Gasteiger partial charge in [0.1, 0.15) is 12.4 Å². The average molecular weight is 262 g/mol. The molecule has 1 rings (SSSR count). The summed E-state index contributed by atoms with van der Waals surface area (Å²) in [6.45, 7) is 1.93. The third kappa shape index (κ3) is 3.61. The maximum Gasteiger partial charge on any atom is 0.416 e. The van der Waals surface area contributed by atoms with Crippen LogP contribution in [0.2, 0.25) is 0 Å².